The Morgan fingerprint density at radius 3 is 2.44 bits per heavy atom. The summed E-state index contributed by atoms with van der Waals surface area (Å²) in [4.78, 5) is 12.1. The lowest BCUT2D eigenvalue weighted by atomic mass is 9.86. The second-order valence-corrected chi connectivity index (χ2v) is 8.53. The maximum absolute atomic E-state index is 12.1. The molecule has 0 aliphatic heterocycles. The fourth-order valence-corrected chi connectivity index (χ4v) is 3.59. The average molecular weight is 367 g/mol. The number of ether oxygens (including phenoxy) is 1. The van der Waals surface area contributed by atoms with Gasteiger partial charge in [-0.05, 0) is 73.4 Å². The molecule has 4 heteroatoms. The van der Waals surface area contributed by atoms with Crippen LogP contribution in [0.15, 0.2) is 29.8 Å². The van der Waals surface area contributed by atoms with Gasteiger partial charge >= 0.3 is 5.97 Å². The normalized spacial score (nSPS) is 14.9. The van der Waals surface area contributed by atoms with Crippen LogP contribution in [0.2, 0.25) is 0 Å². The summed E-state index contributed by atoms with van der Waals surface area (Å²) in [5, 5.41) is 4.58. The summed E-state index contributed by atoms with van der Waals surface area (Å²) in [7, 11) is 1.39. The van der Waals surface area contributed by atoms with Crippen LogP contribution >= 0.6 is 0 Å². The number of aromatic nitrogens is 2. The number of hydrogen-bond donors (Lipinski definition) is 0. The third kappa shape index (κ3) is 4.49. The Labute approximate surface area is 162 Å². The number of aryl methyl sites for hydroxylation is 1. The van der Waals surface area contributed by atoms with E-state index in [1.807, 2.05) is 10.7 Å². The number of esters is 1. The number of carbonyl (C=O) groups excluding carboxylic acids is 1. The van der Waals surface area contributed by atoms with Crippen molar-refractivity contribution in [1.82, 2.24) is 9.78 Å². The van der Waals surface area contributed by atoms with Gasteiger partial charge in [0.2, 0.25) is 0 Å². The highest BCUT2D eigenvalue weighted by molar-refractivity contribution is 5.88. The number of methoxy groups -OCH3 is 1. The van der Waals surface area contributed by atoms with E-state index in [1.54, 1.807) is 0 Å². The summed E-state index contributed by atoms with van der Waals surface area (Å²) in [5.41, 5.74) is 6.19. The van der Waals surface area contributed by atoms with Gasteiger partial charge in [-0.1, -0.05) is 38.8 Å². The van der Waals surface area contributed by atoms with Gasteiger partial charge in [0.15, 0.2) is 5.69 Å². The quantitative estimate of drug-likeness (QED) is 0.663. The topological polar surface area (TPSA) is 44.1 Å². The summed E-state index contributed by atoms with van der Waals surface area (Å²) in [6.45, 7) is 8.72. The Morgan fingerprint density at radius 1 is 1.11 bits per heavy atom. The van der Waals surface area contributed by atoms with E-state index >= 15 is 0 Å². The zero-order chi connectivity index (χ0) is 19.6. The molecule has 0 saturated heterocycles. The predicted molar refractivity (Wildman–Crippen MR) is 109 cm³/mol. The minimum atomic E-state index is -0.402. The summed E-state index contributed by atoms with van der Waals surface area (Å²) < 4.78 is 6.78. The second kappa shape index (κ2) is 7.71. The average Bonchev–Trinajstić information content (AvgIpc) is 3.04. The second-order valence-electron chi connectivity index (χ2n) is 8.53. The molecular weight excluding hydrogens is 336 g/mol. The van der Waals surface area contributed by atoms with Crippen LogP contribution in [0.4, 0.5) is 0 Å². The molecule has 0 bridgehead atoms. The number of rotatable bonds is 3. The van der Waals surface area contributed by atoms with Crippen LogP contribution in [0.1, 0.15) is 80.2 Å². The molecule has 1 saturated carbocycles. The molecule has 0 spiro atoms. The fourth-order valence-electron chi connectivity index (χ4n) is 3.59. The smallest absolute Gasteiger partial charge is 0.358 e. The van der Waals surface area contributed by atoms with E-state index in [0.29, 0.717) is 5.69 Å². The zero-order valence-corrected chi connectivity index (χ0v) is 17.1. The molecule has 3 rings (SSSR count). The predicted octanol–water partition coefficient (Wildman–Crippen LogP) is 5.61. The van der Waals surface area contributed by atoms with Crippen LogP contribution in [0.25, 0.3) is 11.8 Å². The molecule has 1 aliphatic carbocycles. The van der Waals surface area contributed by atoms with Gasteiger partial charge < -0.3 is 4.74 Å². The molecule has 27 heavy (non-hydrogen) atoms. The molecule has 1 aromatic heterocycles. The molecule has 0 N–H and O–H groups in total. The first kappa shape index (κ1) is 19.4. The third-order valence-corrected chi connectivity index (χ3v) is 5.15. The van der Waals surface area contributed by atoms with Gasteiger partial charge in [0.25, 0.3) is 0 Å². The molecule has 1 aromatic carbocycles. The molecule has 0 unspecified atom stereocenters. The highest BCUT2D eigenvalue weighted by Gasteiger charge is 2.19. The van der Waals surface area contributed by atoms with Crippen LogP contribution in [0.3, 0.4) is 0 Å². The minimum absolute atomic E-state index is 0.0428. The van der Waals surface area contributed by atoms with E-state index in [2.05, 4.69) is 57.1 Å². The van der Waals surface area contributed by atoms with Crippen molar-refractivity contribution in [3.05, 3.63) is 52.4 Å². The lowest BCUT2D eigenvalue weighted by Gasteiger charge is -2.21. The lowest BCUT2D eigenvalue weighted by Crippen LogP contribution is -2.13. The maximum Gasteiger partial charge on any atom is 0.358 e. The first-order chi connectivity index (χ1) is 12.8. The number of hydrogen-bond acceptors (Lipinski definition) is 3. The summed E-state index contributed by atoms with van der Waals surface area (Å²) >= 11 is 0. The number of allylic oxidation sites excluding steroid dienone is 1. The summed E-state index contributed by atoms with van der Waals surface area (Å²) in [6.07, 6.45) is 8.24. The van der Waals surface area contributed by atoms with Gasteiger partial charge in [-0.3, -0.25) is 0 Å². The SMILES string of the molecule is COC(=O)c1cc(C=C2CCCCC2)n(-c2cc(C)cc(C(C)(C)C)c2)n1. The van der Waals surface area contributed by atoms with E-state index in [9.17, 15) is 4.79 Å². The Hall–Kier alpha value is -2.36. The van der Waals surface area contributed by atoms with Crippen LogP contribution < -0.4 is 0 Å². The van der Waals surface area contributed by atoms with E-state index in [0.717, 1.165) is 24.2 Å². The standard InChI is InChI=1S/C23H30N2O2/c1-16-11-18(23(2,3)4)14-19(12-16)25-20(13-17-9-7-6-8-10-17)15-21(24-25)22(26)27-5/h11-15H,6-10H2,1-5H3. The van der Waals surface area contributed by atoms with Crippen molar-refractivity contribution in [3.8, 4) is 5.69 Å². The summed E-state index contributed by atoms with van der Waals surface area (Å²) in [5.74, 6) is -0.402. The molecule has 0 atom stereocenters. The van der Waals surface area contributed by atoms with Gasteiger partial charge in [-0.2, -0.15) is 5.10 Å². The molecular formula is C23H30N2O2. The molecule has 0 radical (unpaired) electrons. The molecule has 2 aromatic rings. The molecule has 1 aliphatic rings. The van der Waals surface area contributed by atoms with Gasteiger partial charge in [0.1, 0.15) is 0 Å². The van der Waals surface area contributed by atoms with Crippen molar-refractivity contribution in [1.29, 1.82) is 0 Å². The highest BCUT2D eigenvalue weighted by atomic mass is 16.5. The number of carbonyl (C=O) groups is 1. The van der Waals surface area contributed by atoms with E-state index in [-0.39, 0.29) is 5.41 Å². The van der Waals surface area contributed by atoms with E-state index in [1.165, 1.54) is 43.1 Å². The zero-order valence-electron chi connectivity index (χ0n) is 17.1. The molecule has 0 amide bonds. The van der Waals surface area contributed by atoms with E-state index in [4.69, 9.17) is 4.74 Å². The summed E-state index contributed by atoms with van der Waals surface area (Å²) in [6, 6.07) is 8.34. The fraction of sp³-hybridized carbons (Fsp3) is 0.478. The van der Waals surface area contributed by atoms with Crippen LogP contribution in [-0.4, -0.2) is 22.9 Å². The molecule has 1 fully saturated rings. The molecule has 1 heterocycles. The first-order valence-electron chi connectivity index (χ1n) is 9.78. The molecule has 4 nitrogen and oxygen atoms in total. The van der Waals surface area contributed by atoms with Crippen molar-refractivity contribution in [3.63, 3.8) is 0 Å². The van der Waals surface area contributed by atoms with Gasteiger partial charge in [-0.25, -0.2) is 9.48 Å². The van der Waals surface area contributed by atoms with Gasteiger partial charge in [0.05, 0.1) is 18.5 Å². The van der Waals surface area contributed by atoms with Crippen molar-refractivity contribution < 1.29 is 9.53 Å². The Kier molecular flexibility index (Phi) is 5.54. The molecule has 144 valence electrons. The Bertz CT molecular complexity index is 861. The van der Waals surface area contributed by atoms with Crippen molar-refractivity contribution in [2.75, 3.05) is 7.11 Å². The monoisotopic (exact) mass is 366 g/mol. The lowest BCUT2D eigenvalue weighted by molar-refractivity contribution is 0.0593. The highest BCUT2D eigenvalue weighted by Crippen LogP contribution is 2.29. The van der Waals surface area contributed by atoms with Crippen LogP contribution in [0.5, 0.6) is 0 Å². The minimum Gasteiger partial charge on any atom is -0.464 e. The van der Waals surface area contributed by atoms with Crippen LogP contribution in [-0.2, 0) is 10.2 Å². The van der Waals surface area contributed by atoms with Crippen LogP contribution in [0, 0.1) is 6.92 Å². The van der Waals surface area contributed by atoms with Crippen molar-refractivity contribution >= 4 is 12.0 Å². The number of benzene rings is 1. The Balaban J connectivity index is 2.12. The maximum atomic E-state index is 12.1. The van der Waals surface area contributed by atoms with E-state index < -0.39 is 5.97 Å². The number of nitrogens with zero attached hydrogens (tertiary/aromatic N) is 2. The first-order valence-corrected chi connectivity index (χ1v) is 9.78. The Morgan fingerprint density at radius 2 is 1.81 bits per heavy atom. The van der Waals surface area contributed by atoms with Crippen molar-refractivity contribution in [2.45, 2.75) is 65.2 Å². The van der Waals surface area contributed by atoms with Gasteiger partial charge in [-0.15, -0.1) is 0 Å². The third-order valence-electron chi connectivity index (χ3n) is 5.15. The van der Waals surface area contributed by atoms with Crippen molar-refractivity contribution in [2.24, 2.45) is 0 Å². The largest absolute Gasteiger partial charge is 0.464 e. The van der Waals surface area contributed by atoms with Gasteiger partial charge in [0, 0.05) is 0 Å².